The minimum atomic E-state index is -3.75. The van der Waals surface area contributed by atoms with Crippen LogP contribution in [0.2, 0.25) is 0 Å². The summed E-state index contributed by atoms with van der Waals surface area (Å²) in [6, 6.07) is 11.6. The maximum atomic E-state index is 13.8. The normalized spacial score (nSPS) is 15.2. The monoisotopic (exact) mass is 437 g/mol. The van der Waals surface area contributed by atoms with Gasteiger partial charge in [0.25, 0.3) is 0 Å². The fourth-order valence-corrected chi connectivity index (χ4v) is 4.60. The molecule has 9 heteroatoms. The van der Waals surface area contributed by atoms with Crippen LogP contribution in [0.3, 0.4) is 0 Å². The Morgan fingerprint density at radius 1 is 1.00 bits per heavy atom. The lowest BCUT2D eigenvalue weighted by Gasteiger charge is -2.36. The highest BCUT2D eigenvalue weighted by Crippen LogP contribution is 2.28. The highest BCUT2D eigenvalue weighted by Gasteiger charge is 2.20. The number of ether oxygens (including phenoxy) is 2. The Morgan fingerprint density at radius 3 is 2.37 bits per heavy atom. The molecular weight excluding hydrogens is 409 g/mol. The average Bonchev–Trinajstić information content (AvgIpc) is 2.77. The van der Waals surface area contributed by atoms with Gasteiger partial charge in [0.15, 0.2) is 11.6 Å². The third-order valence-electron chi connectivity index (χ3n) is 5.17. The highest BCUT2D eigenvalue weighted by molar-refractivity contribution is 7.89. The molecule has 2 aromatic rings. The number of nitrogens with zero attached hydrogens (tertiary/aromatic N) is 2. The van der Waals surface area contributed by atoms with Crippen LogP contribution in [-0.2, 0) is 10.0 Å². The first-order chi connectivity index (χ1) is 14.4. The predicted octanol–water partition coefficient (Wildman–Crippen LogP) is 2.33. The zero-order valence-electron chi connectivity index (χ0n) is 17.3. The first kappa shape index (κ1) is 22.3. The van der Waals surface area contributed by atoms with Crippen molar-refractivity contribution in [3.8, 4) is 11.5 Å². The van der Waals surface area contributed by atoms with E-state index >= 15 is 0 Å². The van der Waals surface area contributed by atoms with Crippen molar-refractivity contribution in [2.75, 3.05) is 58.4 Å². The van der Waals surface area contributed by atoms with Gasteiger partial charge in [0.1, 0.15) is 5.75 Å². The Balaban J connectivity index is 1.44. The number of methoxy groups -OCH3 is 2. The second-order valence-electron chi connectivity index (χ2n) is 7.05. The third kappa shape index (κ3) is 5.41. The molecule has 7 nitrogen and oxygen atoms in total. The smallest absolute Gasteiger partial charge is 0.240 e. The largest absolute Gasteiger partial charge is 0.495 e. The van der Waals surface area contributed by atoms with E-state index in [4.69, 9.17) is 9.47 Å². The van der Waals surface area contributed by atoms with E-state index in [-0.39, 0.29) is 10.6 Å². The molecule has 1 aliphatic rings. The molecule has 0 amide bonds. The predicted molar refractivity (Wildman–Crippen MR) is 114 cm³/mol. The number of rotatable bonds is 9. The molecule has 0 aliphatic carbocycles. The van der Waals surface area contributed by atoms with Crippen molar-refractivity contribution < 1.29 is 22.3 Å². The van der Waals surface area contributed by atoms with E-state index in [9.17, 15) is 12.8 Å². The molecule has 30 heavy (non-hydrogen) atoms. The first-order valence-corrected chi connectivity index (χ1v) is 11.4. The van der Waals surface area contributed by atoms with Crippen LogP contribution in [0.1, 0.15) is 6.42 Å². The van der Waals surface area contributed by atoms with Gasteiger partial charge in [-0.3, -0.25) is 4.90 Å². The maximum Gasteiger partial charge on any atom is 0.240 e. The molecule has 0 aromatic heterocycles. The summed E-state index contributed by atoms with van der Waals surface area (Å²) in [6.45, 7) is 4.65. The molecular formula is C21H28FN3O4S. The van der Waals surface area contributed by atoms with E-state index in [1.807, 2.05) is 18.2 Å². The van der Waals surface area contributed by atoms with E-state index in [0.717, 1.165) is 50.2 Å². The molecule has 1 N–H and O–H groups in total. The highest BCUT2D eigenvalue weighted by atomic mass is 32.2. The van der Waals surface area contributed by atoms with Crippen molar-refractivity contribution >= 4 is 15.7 Å². The van der Waals surface area contributed by atoms with Gasteiger partial charge in [0.2, 0.25) is 10.0 Å². The Hall–Kier alpha value is -2.36. The lowest BCUT2D eigenvalue weighted by atomic mass is 10.2. The number of piperazine rings is 1. The van der Waals surface area contributed by atoms with Crippen LogP contribution < -0.4 is 19.1 Å². The number of halogens is 1. The van der Waals surface area contributed by atoms with Gasteiger partial charge >= 0.3 is 0 Å². The lowest BCUT2D eigenvalue weighted by Crippen LogP contribution is -2.47. The number of anilines is 1. The molecule has 0 bridgehead atoms. The second kappa shape index (κ2) is 10.1. The SMILES string of the molecule is COc1ccc(S(=O)(=O)NCCCN2CCN(c3ccccc3OC)CC2)cc1F. The van der Waals surface area contributed by atoms with Gasteiger partial charge in [0.05, 0.1) is 24.8 Å². The molecule has 1 aliphatic heterocycles. The summed E-state index contributed by atoms with van der Waals surface area (Å²) in [5, 5.41) is 0. The van der Waals surface area contributed by atoms with Crippen LogP contribution in [-0.4, -0.2) is 66.8 Å². The molecule has 2 aromatic carbocycles. The van der Waals surface area contributed by atoms with Crippen LogP contribution >= 0.6 is 0 Å². The van der Waals surface area contributed by atoms with Gasteiger partial charge in [-0.05, 0) is 43.3 Å². The Kier molecular flexibility index (Phi) is 7.52. The fourth-order valence-electron chi connectivity index (χ4n) is 3.51. The third-order valence-corrected chi connectivity index (χ3v) is 6.63. The minimum absolute atomic E-state index is 0.0150. The molecule has 0 radical (unpaired) electrons. The van der Waals surface area contributed by atoms with Crippen LogP contribution in [0.25, 0.3) is 0 Å². The summed E-state index contributed by atoms with van der Waals surface area (Å²) in [5.41, 5.74) is 1.10. The lowest BCUT2D eigenvalue weighted by molar-refractivity contribution is 0.254. The summed E-state index contributed by atoms with van der Waals surface area (Å²) in [6.07, 6.45) is 0.673. The molecule has 0 atom stereocenters. The average molecular weight is 438 g/mol. The van der Waals surface area contributed by atoms with Gasteiger partial charge in [-0.1, -0.05) is 12.1 Å². The van der Waals surface area contributed by atoms with Gasteiger partial charge in [-0.25, -0.2) is 17.5 Å². The fraction of sp³-hybridized carbons (Fsp3) is 0.429. The zero-order chi connectivity index (χ0) is 21.6. The Labute approximate surface area is 177 Å². The van der Waals surface area contributed by atoms with E-state index in [2.05, 4.69) is 20.6 Å². The summed E-state index contributed by atoms with van der Waals surface area (Å²) in [7, 11) is -0.738. The zero-order valence-corrected chi connectivity index (χ0v) is 18.1. The number of sulfonamides is 1. The number of hydrogen-bond donors (Lipinski definition) is 1. The molecule has 3 rings (SSSR count). The van der Waals surface area contributed by atoms with E-state index < -0.39 is 15.8 Å². The quantitative estimate of drug-likeness (QED) is 0.608. The van der Waals surface area contributed by atoms with Crippen LogP contribution in [0.4, 0.5) is 10.1 Å². The molecule has 164 valence electrons. The van der Waals surface area contributed by atoms with E-state index in [1.54, 1.807) is 7.11 Å². The molecule has 0 spiro atoms. The van der Waals surface area contributed by atoms with Crippen LogP contribution in [0.5, 0.6) is 11.5 Å². The standard InChI is InChI=1S/C21H28FN3O4S/c1-28-20-9-8-17(16-18(20)22)30(26,27)23-10-5-11-24-12-14-25(15-13-24)19-6-3-4-7-21(19)29-2/h3-4,6-9,16,23H,5,10-15H2,1-2H3. The maximum absolute atomic E-state index is 13.8. The molecule has 0 saturated carbocycles. The van der Waals surface area contributed by atoms with Crippen molar-refractivity contribution in [1.82, 2.24) is 9.62 Å². The summed E-state index contributed by atoms with van der Waals surface area (Å²) in [5.74, 6) is 0.185. The molecule has 1 saturated heterocycles. The van der Waals surface area contributed by atoms with Crippen LogP contribution in [0, 0.1) is 5.82 Å². The number of nitrogens with one attached hydrogen (secondary N) is 1. The summed E-state index contributed by atoms with van der Waals surface area (Å²) < 4.78 is 51.3. The van der Waals surface area contributed by atoms with Crippen molar-refractivity contribution in [2.45, 2.75) is 11.3 Å². The van der Waals surface area contributed by atoms with Crippen molar-refractivity contribution in [3.63, 3.8) is 0 Å². The van der Waals surface area contributed by atoms with E-state index in [1.165, 1.54) is 19.2 Å². The molecule has 1 fully saturated rings. The number of benzene rings is 2. The Morgan fingerprint density at radius 2 is 1.70 bits per heavy atom. The van der Waals surface area contributed by atoms with Gasteiger partial charge < -0.3 is 14.4 Å². The first-order valence-electron chi connectivity index (χ1n) is 9.88. The van der Waals surface area contributed by atoms with Crippen molar-refractivity contribution in [2.24, 2.45) is 0 Å². The molecule has 1 heterocycles. The van der Waals surface area contributed by atoms with Crippen molar-refractivity contribution in [1.29, 1.82) is 0 Å². The number of hydrogen-bond acceptors (Lipinski definition) is 6. The van der Waals surface area contributed by atoms with Crippen LogP contribution in [0.15, 0.2) is 47.4 Å². The molecule has 0 unspecified atom stereocenters. The summed E-state index contributed by atoms with van der Waals surface area (Å²) in [4.78, 5) is 4.51. The number of para-hydroxylation sites is 2. The summed E-state index contributed by atoms with van der Waals surface area (Å²) >= 11 is 0. The van der Waals surface area contributed by atoms with Crippen molar-refractivity contribution in [3.05, 3.63) is 48.3 Å². The van der Waals surface area contributed by atoms with Gasteiger partial charge in [-0.15, -0.1) is 0 Å². The van der Waals surface area contributed by atoms with E-state index in [0.29, 0.717) is 13.0 Å². The topological polar surface area (TPSA) is 71.1 Å². The van der Waals surface area contributed by atoms with Gasteiger partial charge in [-0.2, -0.15) is 0 Å². The van der Waals surface area contributed by atoms with Gasteiger partial charge in [0, 0.05) is 32.7 Å². The minimum Gasteiger partial charge on any atom is -0.495 e. The second-order valence-corrected chi connectivity index (χ2v) is 8.82. The Bertz CT molecular complexity index is 947.